The zero-order valence-electron chi connectivity index (χ0n) is 10.8. The molecule has 0 saturated carbocycles. The number of hydrogen-bond donors (Lipinski definition) is 3. The molecule has 0 unspecified atom stereocenters. The summed E-state index contributed by atoms with van der Waals surface area (Å²) in [6.45, 7) is 5.85. The van der Waals surface area contributed by atoms with Crippen LogP contribution in [0.4, 0.5) is 0 Å². The van der Waals surface area contributed by atoms with Crippen LogP contribution in [0.3, 0.4) is 0 Å². The molecule has 3 heteroatoms. The summed E-state index contributed by atoms with van der Waals surface area (Å²) in [5.41, 5.74) is 3.11. The second kappa shape index (κ2) is 5.96. The van der Waals surface area contributed by atoms with Crippen molar-refractivity contribution < 1.29 is 15.3 Å². The van der Waals surface area contributed by atoms with E-state index in [0.717, 1.165) is 11.1 Å². The molecule has 0 spiro atoms. The molecule has 96 valence electrons. The Morgan fingerprint density at radius 1 is 0.667 bits per heavy atom. The quantitative estimate of drug-likeness (QED) is 0.624. The van der Waals surface area contributed by atoms with E-state index >= 15 is 0 Å². The van der Waals surface area contributed by atoms with Crippen LogP contribution in [0, 0.1) is 20.8 Å². The van der Waals surface area contributed by atoms with E-state index in [4.69, 9.17) is 10.2 Å². The summed E-state index contributed by atoms with van der Waals surface area (Å²) in [7, 11) is 0. The normalized spacial score (nSPS) is 9.50. The van der Waals surface area contributed by atoms with Gasteiger partial charge >= 0.3 is 0 Å². The Morgan fingerprint density at radius 2 is 1.00 bits per heavy atom. The molecule has 2 rings (SSSR count). The Bertz CT molecular complexity index is 472. The fourth-order valence-corrected chi connectivity index (χ4v) is 1.63. The maximum absolute atomic E-state index is 9.33. The van der Waals surface area contributed by atoms with Crippen molar-refractivity contribution in [1.82, 2.24) is 0 Å². The van der Waals surface area contributed by atoms with Crippen molar-refractivity contribution in [2.45, 2.75) is 20.8 Å². The molecule has 0 bridgehead atoms. The molecule has 0 aliphatic heterocycles. The van der Waals surface area contributed by atoms with Crippen LogP contribution in [-0.4, -0.2) is 15.3 Å². The second-order valence-electron chi connectivity index (χ2n) is 4.26. The Labute approximate surface area is 107 Å². The second-order valence-corrected chi connectivity index (χ2v) is 4.26. The van der Waals surface area contributed by atoms with Gasteiger partial charge in [0.2, 0.25) is 0 Å². The minimum atomic E-state index is 0.169. The summed E-state index contributed by atoms with van der Waals surface area (Å²) in [5.74, 6) is 0.760. The van der Waals surface area contributed by atoms with Crippen LogP contribution in [0.5, 0.6) is 17.2 Å². The topological polar surface area (TPSA) is 60.7 Å². The number of aromatic hydroxyl groups is 3. The fourth-order valence-electron chi connectivity index (χ4n) is 1.63. The molecule has 0 aliphatic rings. The molecular formula is C15H18O3. The van der Waals surface area contributed by atoms with E-state index in [0.29, 0.717) is 5.75 Å². The van der Waals surface area contributed by atoms with Crippen molar-refractivity contribution in [3.8, 4) is 17.2 Å². The SMILES string of the molecule is Cc1cc(C)c(O)c(C)c1.Oc1ccc(O)cc1. The lowest BCUT2D eigenvalue weighted by Gasteiger charge is -2.03. The van der Waals surface area contributed by atoms with Crippen LogP contribution >= 0.6 is 0 Å². The molecule has 18 heavy (non-hydrogen) atoms. The van der Waals surface area contributed by atoms with Crippen molar-refractivity contribution in [3.63, 3.8) is 0 Å². The smallest absolute Gasteiger partial charge is 0.121 e. The fraction of sp³-hybridized carbons (Fsp3) is 0.200. The monoisotopic (exact) mass is 246 g/mol. The summed E-state index contributed by atoms with van der Waals surface area (Å²) in [5, 5.41) is 26.6. The number of phenolic OH excluding ortho intramolecular Hbond substituents is 3. The molecule has 0 atom stereocenters. The molecule has 0 saturated heterocycles. The van der Waals surface area contributed by atoms with Crippen molar-refractivity contribution in [1.29, 1.82) is 0 Å². The van der Waals surface area contributed by atoms with Gasteiger partial charge in [0, 0.05) is 0 Å². The van der Waals surface area contributed by atoms with Crippen molar-refractivity contribution in [2.24, 2.45) is 0 Å². The highest BCUT2D eigenvalue weighted by atomic mass is 16.3. The molecule has 0 radical (unpaired) electrons. The molecule has 0 fully saturated rings. The van der Waals surface area contributed by atoms with Gasteiger partial charge in [-0.2, -0.15) is 0 Å². The van der Waals surface area contributed by atoms with E-state index in [2.05, 4.69) is 0 Å². The first-order chi connectivity index (χ1) is 8.40. The zero-order valence-corrected chi connectivity index (χ0v) is 10.8. The standard InChI is InChI=1S/C9H12O.C6H6O2/c1-6-4-7(2)9(10)8(3)5-6;7-5-1-2-6(8)4-3-5/h4-5,10H,1-3H3;1-4,7-8H. The third kappa shape index (κ3) is 4.01. The van der Waals surface area contributed by atoms with E-state index in [1.54, 1.807) is 0 Å². The lowest BCUT2D eigenvalue weighted by atomic mass is 10.1. The summed E-state index contributed by atoms with van der Waals surface area (Å²) in [4.78, 5) is 0. The Hall–Kier alpha value is -2.16. The summed E-state index contributed by atoms with van der Waals surface area (Å²) in [6.07, 6.45) is 0. The third-order valence-electron chi connectivity index (χ3n) is 2.49. The summed E-state index contributed by atoms with van der Waals surface area (Å²) < 4.78 is 0. The van der Waals surface area contributed by atoms with Gasteiger partial charge in [0.05, 0.1) is 0 Å². The minimum absolute atomic E-state index is 0.169. The molecule has 0 heterocycles. The van der Waals surface area contributed by atoms with Gasteiger partial charge < -0.3 is 15.3 Å². The highest BCUT2D eigenvalue weighted by Gasteiger charge is 1.98. The highest BCUT2D eigenvalue weighted by molar-refractivity contribution is 5.41. The summed E-state index contributed by atoms with van der Waals surface area (Å²) in [6, 6.07) is 9.65. The van der Waals surface area contributed by atoms with E-state index in [1.807, 2.05) is 32.9 Å². The third-order valence-corrected chi connectivity index (χ3v) is 2.49. The van der Waals surface area contributed by atoms with Gasteiger partial charge in [-0.15, -0.1) is 0 Å². The molecule has 2 aromatic rings. The lowest BCUT2D eigenvalue weighted by molar-refractivity contribution is 0.460. The molecule has 3 N–H and O–H groups in total. The first-order valence-electron chi connectivity index (χ1n) is 5.65. The maximum Gasteiger partial charge on any atom is 0.121 e. The van der Waals surface area contributed by atoms with Gasteiger partial charge in [-0.05, 0) is 56.2 Å². The number of benzene rings is 2. The molecule has 0 aliphatic carbocycles. The zero-order chi connectivity index (χ0) is 13.7. The molecular weight excluding hydrogens is 228 g/mol. The van der Waals surface area contributed by atoms with E-state index < -0.39 is 0 Å². The van der Waals surface area contributed by atoms with E-state index in [1.165, 1.54) is 29.8 Å². The molecule has 3 nitrogen and oxygen atoms in total. The highest BCUT2D eigenvalue weighted by Crippen LogP contribution is 2.21. The van der Waals surface area contributed by atoms with Crippen LogP contribution in [0.1, 0.15) is 16.7 Å². The van der Waals surface area contributed by atoms with Crippen molar-refractivity contribution >= 4 is 0 Å². The van der Waals surface area contributed by atoms with Crippen molar-refractivity contribution in [2.75, 3.05) is 0 Å². The van der Waals surface area contributed by atoms with Crippen LogP contribution in [-0.2, 0) is 0 Å². The first-order valence-corrected chi connectivity index (χ1v) is 5.65. The number of rotatable bonds is 0. The number of hydrogen-bond acceptors (Lipinski definition) is 3. The van der Waals surface area contributed by atoms with E-state index in [9.17, 15) is 5.11 Å². The Kier molecular flexibility index (Phi) is 4.60. The van der Waals surface area contributed by atoms with Gasteiger partial charge in [0.1, 0.15) is 17.2 Å². The van der Waals surface area contributed by atoms with Gasteiger partial charge in [-0.1, -0.05) is 17.7 Å². The Balaban J connectivity index is 0.000000184. The predicted octanol–water partition coefficient (Wildman–Crippen LogP) is 3.42. The average Bonchev–Trinajstić information content (AvgIpc) is 2.31. The van der Waals surface area contributed by atoms with Crippen LogP contribution < -0.4 is 0 Å². The van der Waals surface area contributed by atoms with Crippen LogP contribution in [0.2, 0.25) is 0 Å². The van der Waals surface area contributed by atoms with Crippen LogP contribution in [0.25, 0.3) is 0 Å². The number of phenols is 3. The largest absolute Gasteiger partial charge is 0.508 e. The Morgan fingerprint density at radius 3 is 1.33 bits per heavy atom. The lowest BCUT2D eigenvalue weighted by Crippen LogP contribution is -1.81. The van der Waals surface area contributed by atoms with Gasteiger partial charge in [0.15, 0.2) is 0 Å². The predicted molar refractivity (Wildman–Crippen MR) is 72.1 cm³/mol. The van der Waals surface area contributed by atoms with E-state index in [-0.39, 0.29) is 11.5 Å². The minimum Gasteiger partial charge on any atom is -0.508 e. The maximum atomic E-state index is 9.33. The molecule has 0 aromatic heterocycles. The molecule has 2 aromatic carbocycles. The number of aryl methyl sites for hydroxylation is 3. The first kappa shape index (κ1) is 13.9. The van der Waals surface area contributed by atoms with Gasteiger partial charge in [-0.25, -0.2) is 0 Å². The average molecular weight is 246 g/mol. The van der Waals surface area contributed by atoms with Gasteiger partial charge in [-0.3, -0.25) is 0 Å². The van der Waals surface area contributed by atoms with Gasteiger partial charge in [0.25, 0.3) is 0 Å². The molecule has 0 amide bonds. The van der Waals surface area contributed by atoms with Crippen molar-refractivity contribution in [3.05, 3.63) is 53.1 Å². The summed E-state index contributed by atoms with van der Waals surface area (Å²) >= 11 is 0. The van der Waals surface area contributed by atoms with Crippen LogP contribution in [0.15, 0.2) is 36.4 Å².